The SMILES string of the molecule is CN(Cc1ccccc1)C(=O)c1ccc(F)c(S)c1. The summed E-state index contributed by atoms with van der Waals surface area (Å²) in [5.41, 5.74) is 1.48. The van der Waals surface area contributed by atoms with Gasteiger partial charge in [0.05, 0.1) is 0 Å². The highest BCUT2D eigenvalue weighted by molar-refractivity contribution is 7.80. The van der Waals surface area contributed by atoms with E-state index in [2.05, 4.69) is 12.6 Å². The Morgan fingerprint density at radius 1 is 1.21 bits per heavy atom. The Kier molecular flexibility index (Phi) is 4.22. The van der Waals surface area contributed by atoms with Gasteiger partial charge in [0, 0.05) is 24.1 Å². The highest BCUT2D eigenvalue weighted by atomic mass is 32.1. The zero-order valence-electron chi connectivity index (χ0n) is 10.5. The topological polar surface area (TPSA) is 20.3 Å². The summed E-state index contributed by atoms with van der Waals surface area (Å²) in [4.78, 5) is 14.0. The molecule has 0 fully saturated rings. The van der Waals surface area contributed by atoms with E-state index in [9.17, 15) is 9.18 Å². The molecule has 0 aliphatic rings. The first-order chi connectivity index (χ1) is 9.08. The molecule has 0 aromatic heterocycles. The molecule has 0 N–H and O–H groups in total. The zero-order chi connectivity index (χ0) is 13.8. The maximum atomic E-state index is 13.1. The Morgan fingerprint density at radius 3 is 2.53 bits per heavy atom. The third kappa shape index (κ3) is 3.35. The molecular formula is C15H14FNOS. The van der Waals surface area contributed by atoms with Gasteiger partial charge in [0.2, 0.25) is 0 Å². The number of nitrogens with zero attached hydrogens (tertiary/aromatic N) is 1. The molecule has 0 saturated heterocycles. The van der Waals surface area contributed by atoms with Crippen molar-refractivity contribution in [1.29, 1.82) is 0 Å². The fourth-order valence-corrected chi connectivity index (χ4v) is 2.01. The molecule has 2 nitrogen and oxygen atoms in total. The highest BCUT2D eigenvalue weighted by Gasteiger charge is 2.13. The van der Waals surface area contributed by atoms with E-state index < -0.39 is 5.82 Å². The Morgan fingerprint density at radius 2 is 1.89 bits per heavy atom. The lowest BCUT2D eigenvalue weighted by molar-refractivity contribution is 0.0785. The summed E-state index contributed by atoms with van der Waals surface area (Å²) in [6, 6.07) is 13.9. The lowest BCUT2D eigenvalue weighted by Crippen LogP contribution is -2.26. The van der Waals surface area contributed by atoms with Crippen LogP contribution in [0.25, 0.3) is 0 Å². The molecule has 0 bridgehead atoms. The van der Waals surface area contributed by atoms with Crippen LogP contribution in [0.15, 0.2) is 53.4 Å². The van der Waals surface area contributed by atoms with Gasteiger partial charge in [-0.05, 0) is 23.8 Å². The first-order valence-electron chi connectivity index (χ1n) is 5.86. The third-order valence-electron chi connectivity index (χ3n) is 2.80. The normalized spacial score (nSPS) is 10.3. The van der Waals surface area contributed by atoms with E-state index in [1.807, 2.05) is 30.3 Å². The van der Waals surface area contributed by atoms with Crippen molar-refractivity contribution in [3.05, 3.63) is 65.5 Å². The van der Waals surface area contributed by atoms with Gasteiger partial charge >= 0.3 is 0 Å². The number of hydrogen-bond acceptors (Lipinski definition) is 2. The highest BCUT2D eigenvalue weighted by Crippen LogP contribution is 2.16. The Labute approximate surface area is 117 Å². The minimum atomic E-state index is -0.425. The van der Waals surface area contributed by atoms with E-state index in [1.165, 1.54) is 18.2 Å². The lowest BCUT2D eigenvalue weighted by atomic mass is 10.1. The molecule has 98 valence electrons. The molecule has 1 amide bonds. The van der Waals surface area contributed by atoms with E-state index in [4.69, 9.17) is 0 Å². The van der Waals surface area contributed by atoms with Crippen molar-refractivity contribution in [2.24, 2.45) is 0 Å². The molecule has 2 aromatic rings. The van der Waals surface area contributed by atoms with Gasteiger partial charge in [-0.3, -0.25) is 4.79 Å². The predicted octanol–water partition coefficient (Wildman–Crippen LogP) is 3.39. The van der Waals surface area contributed by atoms with Crippen LogP contribution in [0.2, 0.25) is 0 Å². The number of hydrogen-bond donors (Lipinski definition) is 1. The van der Waals surface area contributed by atoms with Gasteiger partial charge in [0.1, 0.15) is 5.82 Å². The monoisotopic (exact) mass is 275 g/mol. The van der Waals surface area contributed by atoms with Crippen LogP contribution in [0.1, 0.15) is 15.9 Å². The maximum Gasteiger partial charge on any atom is 0.253 e. The van der Waals surface area contributed by atoms with Crippen molar-refractivity contribution in [2.75, 3.05) is 7.05 Å². The summed E-state index contributed by atoms with van der Waals surface area (Å²) in [5.74, 6) is -0.579. The summed E-state index contributed by atoms with van der Waals surface area (Å²) in [5, 5.41) is 0. The predicted molar refractivity (Wildman–Crippen MR) is 75.9 cm³/mol. The van der Waals surface area contributed by atoms with E-state index >= 15 is 0 Å². The second-order valence-corrected chi connectivity index (χ2v) is 4.79. The van der Waals surface area contributed by atoms with Crippen LogP contribution < -0.4 is 0 Å². The zero-order valence-corrected chi connectivity index (χ0v) is 11.4. The quantitative estimate of drug-likeness (QED) is 0.851. The molecule has 4 heteroatoms. The van der Waals surface area contributed by atoms with E-state index in [-0.39, 0.29) is 10.8 Å². The number of carbonyl (C=O) groups is 1. The fraction of sp³-hybridized carbons (Fsp3) is 0.133. The second kappa shape index (κ2) is 5.89. The van der Waals surface area contributed by atoms with Crippen LogP contribution in [0.5, 0.6) is 0 Å². The number of halogens is 1. The van der Waals surface area contributed by atoms with Crippen molar-refractivity contribution in [2.45, 2.75) is 11.4 Å². The van der Waals surface area contributed by atoms with Crippen LogP contribution in [-0.2, 0) is 6.54 Å². The molecular weight excluding hydrogens is 261 g/mol. The Balaban J connectivity index is 2.12. The van der Waals surface area contributed by atoms with E-state index in [0.717, 1.165) is 5.56 Å². The molecule has 2 aromatic carbocycles. The number of benzene rings is 2. The van der Waals surface area contributed by atoms with E-state index in [1.54, 1.807) is 11.9 Å². The smallest absolute Gasteiger partial charge is 0.253 e. The van der Waals surface area contributed by atoms with Crippen LogP contribution in [0.3, 0.4) is 0 Å². The van der Waals surface area contributed by atoms with Crippen LogP contribution in [0, 0.1) is 5.82 Å². The number of rotatable bonds is 3. The molecule has 0 aliphatic heterocycles. The van der Waals surface area contributed by atoms with Crippen molar-refractivity contribution in [3.63, 3.8) is 0 Å². The molecule has 0 aliphatic carbocycles. The molecule has 0 unspecified atom stereocenters. The minimum Gasteiger partial charge on any atom is -0.337 e. The third-order valence-corrected chi connectivity index (χ3v) is 3.15. The average molecular weight is 275 g/mol. The van der Waals surface area contributed by atoms with Crippen molar-refractivity contribution in [1.82, 2.24) is 4.90 Å². The summed E-state index contributed by atoms with van der Waals surface area (Å²) in [6.45, 7) is 0.513. The van der Waals surface area contributed by atoms with Crippen molar-refractivity contribution < 1.29 is 9.18 Å². The van der Waals surface area contributed by atoms with Gasteiger partial charge in [-0.15, -0.1) is 12.6 Å². The fourth-order valence-electron chi connectivity index (χ4n) is 1.80. The van der Waals surface area contributed by atoms with Gasteiger partial charge < -0.3 is 4.90 Å². The summed E-state index contributed by atoms with van der Waals surface area (Å²) in [7, 11) is 1.72. The second-order valence-electron chi connectivity index (χ2n) is 4.31. The first-order valence-corrected chi connectivity index (χ1v) is 6.30. The van der Waals surface area contributed by atoms with Gasteiger partial charge in [0.15, 0.2) is 0 Å². The van der Waals surface area contributed by atoms with Crippen molar-refractivity contribution in [3.8, 4) is 0 Å². The van der Waals surface area contributed by atoms with Crippen LogP contribution >= 0.6 is 12.6 Å². The van der Waals surface area contributed by atoms with Crippen LogP contribution in [0.4, 0.5) is 4.39 Å². The number of thiol groups is 1. The average Bonchev–Trinajstić information content (AvgIpc) is 2.42. The maximum absolute atomic E-state index is 13.1. The molecule has 2 rings (SSSR count). The summed E-state index contributed by atoms with van der Waals surface area (Å²) in [6.07, 6.45) is 0. The summed E-state index contributed by atoms with van der Waals surface area (Å²) < 4.78 is 13.1. The van der Waals surface area contributed by atoms with Gasteiger partial charge in [-0.25, -0.2) is 4.39 Å². The van der Waals surface area contributed by atoms with Gasteiger partial charge in [0.25, 0.3) is 5.91 Å². The molecule has 0 saturated carbocycles. The molecule has 0 spiro atoms. The standard InChI is InChI=1S/C15H14FNOS/c1-17(10-11-5-3-2-4-6-11)15(18)12-7-8-13(16)14(19)9-12/h2-9,19H,10H2,1H3. The molecule has 19 heavy (non-hydrogen) atoms. The van der Waals surface area contributed by atoms with Crippen LogP contribution in [-0.4, -0.2) is 17.9 Å². The summed E-state index contributed by atoms with van der Waals surface area (Å²) >= 11 is 3.98. The number of amides is 1. The van der Waals surface area contributed by atoms with Gasteiger partial charge in [-0.2, -0.15) is 0 Å². The Bertz CT molecular complexity index is 586. The first kappa shape index (κ1) is 13.6. The van der Waals surface area contributed by atoms with Gasteiger partial charge in [-0.1, -0.05) is 30.3 Å². The van der Waals surface area contributed by atoms with Crippen molar-refractivity contribution >= 4 is 18.5 Å². The Hall–Kier alpha value is -1.81. The lowest BCUT2D eigenvalue weighted by Gasteiger charge is -2.17. The van der Waals surface area contributed by atoms with E-state index in [0.29, 0.717) is 12.1 Å². The molecule has 0 heterocycles. The largest absolute Gasteiger partial charge is 0.337 e. The minimum absolute atomic E-state index is 0.154. The molecule has 0 atom stereocenters. The number of carbonyl (C=O) groups excluding carboxylic acids is 1. The molecule has 0 radical (unpaired) electrons.